The molecular formula is C11H15N2O2+. The third kappa shape index (κ3) is 1.52. The Kier molecular flexibility index (Phi) is 2.25. The predicted molar refractivity (Wildman–Crippen MR) is 56.7 cm³/mol. The summed E-state index contributed by atoms with van der Waals surface area (Å²) in [5.74, 6) is 0.0482. The zero-order chi connectivity index (χ0) is 11.1. The summed E-state index contributed by atoms with van der Waals surface area (Å²) in [7, 11) is 1.61. The highest BCUT2D eigenvalue weighted by Crippen LogP contribution is 2.37. The summed E-state index contributed by atoms with van der Waals surface area (Å²) in [6, 6.07) is 5.84. The van der Waals surface area contributed by atoms with E-state index in [1.54, 1.807) is 12.6 Å². The second kappa shape index (κ2) is 3.32. The number of carbonyl (C=O) groups excluding carboxylic acids is 1. The molecule has 1 aliphatic rings. The molecule has 1 heterocycles. The molecule has 1 aliphatic heterocycles. The van der Waals surface area contributed by atoms with Crippen LogP contribution in [0, 0.1) is 0 Å². The van der Waals surface area contributed by atoms with E-state index in [0.717, 1.165) is 16.9 Å². The Morgan fingerprint density at radius 3 is 2.80 bits per heavy atom. The van der Waals surface area contributed by atoms with E-state index >= 15 is 0 Å². The first-order chi connectivity index (χ1) is 7.05. The largest absolute Gasteiger partial charge is 0.325 e. The minimum Gasteiger partial charge on any atom is -0.325 e. The first-order valence-electron chi connectivity index (χ1n) is 4.87. The lowest BCUT2D eigenvalue weighted by molar-refractivity contribution is -0.830. The van der Waals surface area contributed by atoms with Crippen molar-refractivity contribution in [2.75, 3.05) is 12.4 Å². The summed E-state index contributed by atoms with van der Waals surface area (Å²) in [5, 5.41) is 2.87. The molecule has 0 bridgehead atoms. The fourth-order valence-corrected chi connectivity index (χ4v) is 1.82. The van der Waals surface area contributed by atoms with Gasteiger partial charge in [0, 0.05) is 12.1 Å². The van der Waals surface area contributed by atoms with Crippen LogP contribution >= 0.6 is 0 Å². The van der Waals surface area contributed by atoms with Gasteiger partial charge < -0.3 is 5.32 Å². The Morgan fingerprint density at radius 2 is 2.13 bits per heavy atom. The normalized spacial score (nSPS) is 17.4. The molecule has 0 saturated heterocycles. The fourth-order valence-electron chi connectivity index (χ4n) is 1.82. The maximum absolute atomic E-state index is 11.7. The molecule has 2 rings (SSSR count). The number of carbonyl (C=O) groups is 1. The summed E-state index contributed by atoms with van der Waals surface area (Å²) < 4.78 is 0. The van der Waals surface area contributed by atoms with Crippen LogP contribution in [0.15, 0.2) is 18.2 Å². The Bertz CT molecular complexity index is 413. The highest BCUT2D eigenvalue weighted by Gasteiger charge is 2.38. The lowest BCUT2D eigenvalue weighted by Gasteiger charge is -2.14. The van der Waals surface area contributed by atoms with E-state index in [1.165, 1.54) is 0 Å². The van der Waals surface area contributed by atoms with Crippen molar-refractivity contribution >= 4 is 17.3 Å². The third-order valence-corrected chi connectivity index (χ3v) is 2.79. The number of nitrogens with two attached hydrogens (primary N) is 1. The summed E-state index contributed by atoms with van der Waals surface area (Å²) in [6.07, 6.45) is 0. The van der Waals surface area contributed by atoms with Crippen LogP contribution in [0.1, 0.15) is 19.4 Å². The molecule has 0 saturated carbocycles. The topological polar surface area (TPSA) is 54.9 Å². The molecule has 4 nitrogen and oxygen atoms in total. The van der Waals surface area contributed by atoms with Gasteiger partial charge in [0.15, 0.2) is 5.69 Å². The summed E-state index contributed by atoms with van der Waals surface area (Å²) in [4.78, 5) is 16.6. The molecule has 0 spiro atoms. The molecule has 4 heteroatoms. The number of hydrogen-bond acceptors (Lipinski definition) is 2. The van der Waals surface area contributed by atoms with E-state index in [1.807, 2.05) is 32.0 Å². The Hall–Kier alpha value is -1.39. The number of fused-ring (bicyclic) bond motifs is 1. The van der Waals surface area contributed by atoms with Gasteiger partial charge in [0.25, 0.3) is 0 Å². The van der Waals surface area contributed by atoms with Gasteiger partial charge in [-0.1, -0.05) is 0 Å². The van der Waals surface area contributed by atoms with E-state index in [2.05, 4.69) is 5.32 Å². The van der Waals surface area contributed by atoms with Crippen LogP contribution in [-0.2, 0) is 15.0 Å². The van der Waals surface area contributed by atoms with E-state index in [0.29, 0.717) is 0 Å². The van der Waals surface area contributed by atoms with Crippen LogP contribution < -0.4 is 10.8 Å². The second-order valence-corrected chi connectivity index (χ2v) is 4.24. The van der Waals surface area contributed by atoms with Gasteiger partial charge in [-0.3, -0.25) is 4.79 Å². The average Bonchev–Trinajstić information content (AvgIpc) is 2.38. The van der Waals surface area contributed by atoms with Crippen molar-refractivity contribution in [3.63, 3.8) is 0 Å². The predicted octanol–water partition coefficient (Wildman–Crippen LogP) is 0.673. The number of benzene rings is 1. The Balaban J connectivity index is 2.42. The molecule has 1 aromatic carbocycles. The molecule has 0 atom stereocenters. The van der Waals surface area contributed by atoms with Crippen LogP contribution in [0.5, 0.6) is 0 Å². The summed E-state index contributed by atoms with van der Waals surface area (Å²) >= 11 is 0. The van der Waals surface area contributed by atoms with Crippen molar-refractivity contribution in [1.82, 2.24) is 0 Å². The lowest BCUT2D eigenvalue weighted by atomic mass is 9.86. The summed E-state index contributed by atoms with van der Waals surface area (Å²) in [5.41, 5.74) is 4.10. The minimum atomic E-state index is -0.430. The fraction of sp³-hybridized carbons (Fsp3) is 0.364. The van der Waals surface area contributed by atoms with Gasteiger partial charge in [0.2, 0.25) is 5.91 Å². The number of anilines is 1. The maximum Gasteiger partial charge on any atom is 0.234 e. The van der Waals surface area contributed by atoms with Gasteiger partial charge in [-0.15, -0.1) is 0 Å². The number of rotatable bonds is 2. The third-order valence-electron chi connectivity index (χ3n) is 2.79. The van der Waals surface area contributed by atoms with Gasteiger partial charge in [-0.25, -0.2) is 4.84 Å². The zero-order valence-electron chi connectivity index (χ0n) is 9.13. The number of quaternary nitrogens is 1. The number of amides is 1. The summed E-state index contributed by atoms with van der Waals surface area (Å²) in [6.45, 7) is 3.85. The maximum atomic E-state index is 11.7. The first kappa shape index (κ1) is 10.1. The van der Waals surface area contributed by atoms with Crippen molar-refractivity contribution in [2.45, 2.75) is 19.3 Å². The smallest absolute Gasteiger partial charge is 0.234 e. The molecule has 0 fully saturated rings. The molecule has 0 aromatic heterocycles. The highest BCUT2D eigenvalue weighted by atomic mass is 16.6. The van der Waals surface area contributed by atoms with Gasteiger partial charge in [-0.2, -0.15) is 5.48 Å². The lowest BCUT2D eigenvalue weighted by Crippen LogP contribution is -2.75. The van der Waals surface area contributed by atoms with Crippen molar-refractivity contribution in [1.29, 1.82) is 0 Å². The molecule has 0 aliphatic carbocycles. The highest BCUT2D eigenvalue weighted by molar-refractivity contribution is 6.05. The van der Waals surface area contributed by atoms with Gasteiger partial charge in [-0.05, 0) is 25.5 Å². The van der Waals surface area contributed by atoms with Crippen LogP contribution in [0.2, 0.25) is 0 Å². The van der Waals surface area contributed by atoms with Crippen molar-refractivity contribution in [3.8, 4) is 0 Å². The van der Waals surface area contributed by atoms with E-state index < -0.39 is 5.41 Å². The standard InChI is InChI=1S/C11H14N2O2/c1-11(2)8-5-4-7(13-15-3)6-9(8)12-10(11)14/h4-6,13H,1-3H3,(H,12,14)/p+1. The van der Waals surface area contributed by atoms with Gasteiger partial charge in [0.05, 0.1) is 18.2 Å². The molecular weight excluding hydrogens is 192 g/mol. The Labute approximate surface area is 88.6 Å². The first-order valence-corrected chi connectivity index (χ1v) is 4.87. The van der Waals surface area contributed by atoms with Crippen LogP contribution in [-0.4, -0.2) is 13.0 Å². The van der Waals surface area contributed by atoms with Gasteiger partial charge >= 0.3 is 0 Å². The number of nitrogens with one attached hydrogen (secondary N) is 1. The average molecular weight is 207 g/mol. The molecule has 0 unspecified atom stereocenters. The van der Waals surface area contributed by atoms with E-state index in [-0.39, 0.29) is 5.91 Å². The molecule has 0 radical (unpaired) electrons. The van der Waals surface area contributed by atoms with E-state index in [4.69, 9.17) is 4.84 Å². The van der Waals surface area contributed by atoms with Crippen LogP contribution in [0.25, 0.3) is 0 Å². The van der Waals surface area contributed by atoms with Crippen LogP contribution in [0.4, 0.5) is 11.4 Å². The Morgan fingerprint density at radius 1 is 1.40 bits per heavy atom. The van der Waals surface area contributed by atoms with Crippen molar-refractivity contribution < 1.29 is 15.1 Å². The quantitative estimate of drug-likeness (QED) is 0.553. The molecule has 3 N–H and O–H groups in total. The minimum absolute atomic E-state index is 0.0482. The van der Waals surface area contributed by atoms with Crippen molar-refractivity contribution in [2.24, 2.45) is 0 Å². The molecule has 1 amide bonds. The monoisotopic (exact) mass is 207 g/mol. The SMILES string of the molecule is CO[NH2+]c1ccc2c(c1)NC(=O)C2(C)C. The zero-order valence-corrected chi connectivity index (χ0v) is 9.13. The molecule has 15 heavy (non-hydrogen) atoms. The molecule has 80 valence electrons. The number of hydrogen-bond donors (Lipinski definition) is 2. The molecule has 1 aromatic rings. The van der Waals surface area contributed by atoms with Gasteiger partial charge in [0.1, 0.15) is 0 Å². The van der Waals surface area contributed by atoms with Crippen LogP contribution in [0.3, 0.4) is 0 Å². The van der Waals surface area contributed by atoms with E-state index in [9.17, 15) is 4.79 Å². The van der Waals surface area contributed by atoms with Crippen molar-refractivity contribution in [3.05, 3.63) is 23.8 Å². The second-order valence-electron chi connectivity index (χ2n) is 4.24.